The molecule has 0 aliphatic rings. The van der Waals surface area contributed by atoms with E-state index in [2.05, 4.69) is 25.4 Å². The monoisotopic (exact) mass is 228 g/mol. The predicted octanol–water partition coefficient (Wildman–Crippen LogP) is -1.13. The summed E-state index contributed by atoms with van der Waals surface area (Å²) in [6, 6.07) is 5.02. The molecule has 0 aliphatic heterocycles. The normalized spacial score (nSPS) is 10.5. The van der Waals surface area contributed by atoms with Crippen LogP contribution in [0.25, 0.3) is 11.5 Å². The molecule has 3 rings (SSSR count). The Kier molecular flexibility index (Phi) is 1.76. The van der Waals surface area contributed by atoms with Crippen molar-refractivity contribution in [2.24, 2.45) is 0 Å². The van der Waals surface area contributed by atoms with E-state index in [1.165, 1.54) is 11.0 Å². The smallest absolute Gasteiger partial charge is 0.244 e. The van der Waals surface area contributed by atoms with Gasteiger partial charge in [0.1, 0.15) is 12.4 Å². The van der Waals surface area contributed by atoms with E-state index >= 15 is 0 Å². The highest BCUT2D eigenvalue weighted by molar-refractivity contribution is 5.37. The average molecular weight is 228 g/mol. The van der Waals surface area contributed by atoms with E-state index in [9.17, 15) is 4.79 Å². The molecule has 3 heterocycles. The van der Waals surface area contributed by atoms with E-state index in [-0.39, 0.29) is 5.82 Å². The van der Waals surface area contributed by atoms with Crippen molar-refractivity contribution in [1.82, 2.24) is 34.6 Å². The van der Waals surface area contributed by atoms with E-state index in [1.807, 2.05) is 0 Å². The van der Waals surface area contributed by atoms with Gasteiger partial charge in [-0.1, -0.05) is 0 Å². The van der Waals surface area contributed by atoms with Crippen LogP contribution in [0.15, 0.2) is 23.3 Å². The molecule has 0 bridgehead atoms. The number of hydrogen-bond donors (Lipinski definition) is 1. The third-order valence-corrected chi connectivity index (χ3v) is 2.09. The number of H-pyrrole nitrogens is 1. The molecule has 3 aromatic rings. The molecule has 1 N–H and O–H groups in total. The molecule has 3 aromatic heterocycles. The quantitative estimate of drug-likeness (QED) is 0.563. The van der Waals surface area contributed by atoms with Gasteiger partial charge < -0.3 is 0 Å². The second-order valence-electron chi connectivity index (χ2n) is 3.11. The van der Waals surface area contributed by atoms with Gasteiger partial charge in [0.05, 0.1) is 0 Å². The number of aromatic amines is 1. The molecule has 0 radical (unpaired) electrons. The van der Waals surface area contributed by atoms with E-state index in [4.69, 9.17) is 5.26 Å². The van der Waals surface area contributed by atoms with Crippen LogP contribution < -0.4 is 5.69 Å². The number of aromatic nitrogens is 7. The van der Waals surface area contributed by atoms with E-state index < -0.39 is 5.69 Å². The molecular formula is C8H4N8O. The Hall–Kier alpha value is -3.02. The second-order valence-corrected chi connectivity index (χ2v) is 3.11. The first kappa shape index (κ1) is 9.22. The summed E-state index contributed by atoms with van der Waals surface area (Å²) < 4.78 is 2.40. The largest absolute Gasteiger partial charge is 0.364 e. The van der Waals surface area contributed by atoms with Gasteiger partial charge >= 0.3 is 5.69 Å². The molecule has 9 nitrogen and oxygen atoms in total. The third-order valence-electron chi connectivity index (χ3n) is 2.09. The number of nitrogens with zero attached hydrogens (tertiary/aromatic N) is 7. The molecule has 17 heavy (non-hydrogen) atoms. The van der Waals surface area contributed by atoms with Crippen LogP contribution in [0.4, 0.5) is 0 Å². The van der Waals surface area contributed by atoms with E-state index in [0.717, 1.165) is 4.52 Å². The highest BCUT2D eigenvalue weighted by Gasteiger charge is 2.06. The van der Waals surface area contributed by atoms with Gasteiger partial charge in [-0.25, -0.2) is 14.9 Å². The van der Waals surface area contributed by atoms with Crippen LogP contribution >= 0.6 is 0 Å². The lowest BCUT2D eigenvalue weighted by Gasteiger charge is -1.97. The topological polar surface area (TPSA) is 118 Å². The van der Waals surface area contributed by atoms with Crippen LogP contribution in [-0.2, 0) is 0 Å². The van der Waals surface area contributed by atoms with Crippen molar-refractivity contribution in [3.8, 4) is 11.9 Å². The lowest BCUT2D eigenvalue weighted by atomic mass is 10.5. The minimum atomic E-state index is -0.442. The van der Waals surface area contributed by atoms with Crippen LogP contribution in [0.1, 0.15) is 5.82 Å². The Morgan fingerprint density at radius 2 is 2.24 bits per heavy atom. The lowest BCUT2D eigenvalue weighted by molar-refractivity contribution is 0.775. The molecule has 0 saturated heterocycles. The van der Waals surface area contributed by atoms with Crippen molar-refractivity contribution in [3.05, 3.63) is 34.8 Å². The minimum Gasteiger partial charge on any atom is -0.244 e. The number of rotatable bonds is 1. The van der Waals surface area contributed by atoms with Gasteiger partial charge in [0.25, 0.3) is 5.82 Å². The van der Waals surface area contributed by atoms with E-state index in [0.29, 0.717) is 11.5 Å². The fourth-order valence-corrected chi connectivity index (χ4v) is 1.34. The summed E-state index contributed by atoms with van der Waals surface area (Å²) in [5.41, 5.74) is -0.0400. The number of nitrogens with one attached hydrogen (secondary N) is 1. The maximum absolute atomic E-state index is 11.3. The van der Waals surface area contributed by atoms with Gasteiger partial charge in [-0.3, -0.25) is 0 Å². The van der Waals surface area contributed by atoms with Crippen molar-refractivity contribution >= 4 is 5.65 Å². The SMILES string of the molecule is N#Cc1ncn(-c2ccc3n[nH]c(=O)n3n2)n1. The molecular weight excluding hydrogens is 224 g/mol. The first-order valence-corrected chi connectivity index (χ1v) is 4.54. The molecule has 0 aliphatic carbocycles. The first-order valence-electron chi connectivity index (χ1n) is 4.54. The summed E-state index contributed by atoms with van der Waals surface area (Å²) in [5, 5.41) is 22.5. The summed E-state index contributed by atoms with van der Waals surface area (Å²) in [4.78, 5) is 15.0. The Bertz CT molecular complexity index is 788. The van der Waals surface area contributed by atoms with Crippen LogP contribution in [0.2, 0.25) is 0 Å². The standard InChI is InChI=1S/C8H4N8O/c9-3-5-10-4-15(13-5)7-2-1-6-11-12-8(17)16(6)14-7/h1-2,4H,(H,12,17). The molecule has 0 saturated carbocycles. The molecule has 82 valence electrons. The number of fused-ring (bicyclic) bond motifs is 1. The van der Waals surface area contributed by atoms with Crippen molar-refractivity contribution in [1.29, 1.82) is 5.26 Å². The summed E-state index contributed by atoms with van der Waals surface area (Å²) in [6.07, 6.45) is 1.35. The van der Waals surface area contributed by atoms with Gasteiger partial charge in [-0.2, -0.15) is 19.6 Å². The number of nitriles is 1. The average Bonchev–Trinajstić information content (AvgIpc) is 2.96. The van der Waals surface area contributed by atoms with Crippen LogP contribution in [-0.4, -0.2) is 34.6 Å². The van der Waals surface area contributed by atoms with Crippen molar-refractivity contribution in [3.63, 3.8) is 0 Å². The summed E-state index contributed by atoms with van der Waals surface area (Å²) in [7, 11) is 0. The molecule has 0 atom stereocenters. The van der Waals surface area contributed by atoms with Gasteiger partial charge in [0.15, 0.2) is 11.5 Å². The predicted molar refractivity (Wildman–Crippen MR) is 53.2 cm³/mol. The fraction of sp³-hybridized carbons (Fsp3) is 0. The van der Waals surface area contributed by atoms with E-state index in [1.54, 1.807) is 18.2 Å². The van der Waals surface area contributed by atoms with Crippen molar-refractivity contribution in [2.45, 2.75) is 0 Å². The highest BCUT2D eigenvalue weighted by Crippen LogP contribution is 2.02. The van der Waals surface area contributed by atoms with Gasteiger partial charge in [0, 0.05) is 0 Å². The molecule has 0 unspecified atom stereocenters. The fourth-order valence-electron chi connectivity index (χ4n) is 1.34. The summed E-state index contributed by atoms with van der Waals surface area (Å²) in [5.74, 6) is 0.404. The van der Waals surface area contributed by atoms with Crippen molar-refractivity contribution < 1.29 is 0 Å². The zero-order valence-electron chi connectivity index (χ0n) is 8.27. The van der Waals surface area contributed by atoms with Gasteiger partial charge in [0.2, 0.25) is 0 Å². The van der Waals surface area contributed by atoms with Gasteiger partial charge in [-0.05, 0) is 12.1 Å². The summed E-state index contributed by atoms with van der Waals surface area (Å²) in [6.45, 7) is 0. The Labute approximate surface area is 92.9 Å². The Morgan fingerprint density at radius 3 is 3.00 bits per heavy atom. The molecule has 9 heteroatoms. The maximum atomic E-state index is 11.3. The summed E-state index contributed by atoms with van der Waals surface area (Å²) >= 11 is 0. The van der Waals surface area contributed by atoms with Gasteiger partial charge in [-0.15, -0.1) is 10.2 Å². The zero-order chi connectivity index (χ0) is 11.8. The lowest BCUT2D eigenvalue weighted by Crippen LogP contribution is -2.14. The Morgan fingerprint density at radius 1 is 1.35 bits per heavy atom. The maximum Gasteiger partial charge on any atom is 0.364 e. The third kappa shape index (κ3) is 1.36. The number of hydrogen-bond acceptors (Lipinski definition) is 6. The van der Waals surface area contributed by atoms with Crippen LogP contribution in [0.3, 0.4) is 0 Å². The van der Waals surface area contributed by atoms with Crippen molar-refractivity contribution in [2.75, 3.05) is 0 Å². The minimum absolute atomic E-state index is 0.0337. The molecule has 0 aromatic carbocycles. The van der Waals surface area contributed by atoms with Crippen LogP contribution in [0.5, 0.6) is 0 Å². The Balaban J connectivity index is 2.20. The second kappa shape index (κ2) is 3.24. The first-order chi connectivity index (χ1) is 8.28. The molecule has 0 amide bonds. The highest BCUT2D eigenvalue weighted by atomic mass is 16.2. The zero-order valence-corrected chi connectivity index (χ0v) is 8.27. The molecule has 0 fully saturated rings. The molecule has 0 spiro atoms. The van der Waals surface area contributed by atoms with Crippen LogP contribution in [0, 0.1) is 11.3 Å².